The predicted octanol–water partition coefficient (Wildman–Crippen LogP) is 2.88. The third kappa shape index (κ3) is 2.34. The molecule has 0 atom stereocenters. The summed E-state index contributed by atoms with van der Waals surface area (Å²) < 4.78 is 3.25. The number of halogens is 1. The topological polar surface area (TPSA) is 52.2 Å². The zero-order valence-corrected chi connectivity index (χ0v) is 12.6. The molecule has 3 aromatic rings. The van der Waals surface area contributed by atoms with Crippen molar-refractivity contribution in [3.05, 3.63) is 52.6 Å². The van der Waals surface area contributed by atoms with E-state index in [1.165, 1.54) is 10.7 Å². The molecule has 3 rings (SSSR count). The highest BCUT2D eigenvalue weighted by molar-refractivity contribution is 6.17. The van der Waals surface area contributed by atoms with E-state index in [9.17, 15) is 4.79 Å². The number of rotatable bonds is 3. The van der Waals surface area contributed by atoms with E-state index in [4.69, 9.17) is 11.6 Å². The van der Waals surface area contributed by atoms with E-state index < -0.39 is 0 Å². The lowest BCUT2D eigenvalue weighted by Crippen LogP contribution is -2.23. The summed E-state index contributed by atoms with van der Waals surface area (Å²) in [6, 6.07) is 9.07. The smallest absolute Gasteiger partial charge is 0.267 e. The van der Waals surface area contributed by atoms with Crippen molar-refractivity contribution in [1.82, 2.24) is 19.4 Å². The van der Waals surface area contributed by atoms with Crippen molar-refractivity contribution < 1.29 is 0 Å². The molecule has 0 radical (unpaired) electrons. The van der Waals surface area contributed by atoms with Crippen LogP contribution in [0.4, 0.5) is 0 Å². The monoisotopic (exact) mass is 302 g/mol. The molecule has 6 heteroatoms. The van der Waals surface area contributed by atoms with E-state index >= 15 is 0 Å². The lowest BCUT2D eigenvalue weighted by Gasteiger charge is -2.10. The second-order valence-corrected chi connectivity index (χ2v) is 5.35. The molecule has 0 saturated heterocycles. The van der Waals surface area contributed by atoms with E-state index in [2.05, 4.69) is 10.2 Å². The van der Waals surface area contributed by atoms with Crippen LogP contribution in [0.2, 0.25) is 0 Å². The molecule has 0 fully saturated rings. The number of nitrogens with zero attached hydrogens (tertiary/aromatic N) is 4. The molecule has 0 spiro atoms. The minimum Gasteiger partial charge on any atom is -0.268 e. The zero-order chi connectivity index (χ0) is 15.0. The maximum atomic E-state index is 11.9. The first kappa shape index (κ1) is 13.8. The van der Waals surface area contributed by atoms with Gasteiger partial charge >= 0.3 is 0 Å². The zero-order valence-electron chi connectivity index (χ0n) is 11.8. The first-order chi connectivity index (χ1) is 10.1. The molecule has 0 aliphatic rings. The molecular formula is C15H15ClN4O. The quantitative estimate of drug-likeness (QED) is 0.699. The molecule has 3 aromatic heterocycles. The Morgan fingerprint density at radius 3 is 2.71 bits per heavy atom. The van der Waals surface area contributed by atoms with Crippen molar-refractivity contribution in [2.24, 2.45) is 0 Å². The van der Waals surface area contributed by atoms with Gasteiger partial charge in [-0.2, -0.15) is 10.2 Å². The lowest BCUT2D eigenvalue weighted by molar-refractivity contribution is 0.505. The number of fused-ring (bicyclic) bond motifs is 1. The van der Waals surface area contributed by atoms with Gasteiger partial charge in [0.25, 0.3) is 5.56 Å². The number of pyridine rings is 1. The van der Waals surface area contributed by atoms with Gasteiger partial charge in [-0.3, -0.25) is 4.79 Å². The molecule has 108 valence electrons. The first-order valence-corrected chi connectivity index (χ1v) is 7.27. The van der Waals surface area contributed by atoms with Gasteiger partial charge in [0.2, 0.25) is 0 Å². The SMILES string of the molecule is CC(C)n1nc(-c2c(CCl)nn3ccccc23)ccc1=O. The van der Waals surface area contributed by atoms with Gasteiger partial charge < -0.3 is 0 Å². The fourth-order valence-electron chi connectivity index (χ4n) is 2.35. The molecule has 0 unspecified atom stereocenters. The Bertz CT molecular complexity index is 850. The molecule has 0 bridgehead atoms. The fraction of sp³-hybridized carbons (Fsp3) is 0.267. The van der Waals surface area contributed by atoms with E-state index in [0.29, 0.717) is 11.6 Å². The van der Waals surface area contributed by atoms with Crippen LogP contribution in [0.15, 0.2) is 41.3 Å². The summed E-state index contributed by atoms with van der Waals surface area (Å²) in [5, 5.41) is 8.93. The lowest BCUT2D eigenvalue weighted by atomic mass is 10.1. The highest BCUT2D eigenvalue weighted by Crippen LogP contribution is 2.27. The van der Waals surface area contributed by atoms with Crippen LogP contribution in [0.3, 0.4) is 0 Å². The van der Waals surface area contributed by atoms with Crippen LogP contribution < -0.4 is 5.56 Å². The van der Waals surface area contributed by atoms with Crippen LogP contribution >= 0.6 is 11.6 Å². The number of alkyl halides is 1. The number of aromatic nitrogens is 4. The van der Waals surface area contributed by atoms with Gasteiger partial charge in [-0.15, -0.1) is 11.6 Å². The number of hydrogen-bond acceptors (Lipinski definition) is 3. The fourth-order valence-corrected chi connectivity index (χ4v) is 2.54. The normalized spacial score (nSPS) is 11.4. The summed E-state index contributed by atoms with van der Waals surface area (Å²) in [4.78, 5) is 11.9. The molecule has 0 aromatic carbocycles. The van der Waals surface area contributed by atoms with Gasteiger partial charge in [0.15, 0.2) is 0 Å². The van der Waals surface area contributed by atoms with Crippen molar-refractivity contribution in [2.75, 3.05) is 0 Å². The molecular weight excluding hydrogens is 288 g/mol. The molecule has 0 saturated carbocycles. The van der Waals surface area contributed by atoms with E-state index in [1.54, 1.807) is 10.6 Å². The Balaban J connectivity index is 2.29. The predicted molar refractivity (Wildman–Crippen MR) is 82.6 cm³/mol. The van der Waals surface area contributed by atoms with Gasteiger partial charge in [-0.25, -0.2) is 9.20 Å². The second kappa shape index (κ2) is 5.33. The summed E-state index contributed by atoms with van der Waals surface area (Å²) >= 11 is 6.01. The van der Waals surface area contributed by atoms with Crippen LogP contribution in [0, 0.1) is 0 Å². The summed E-state index contributed by atoms with van der Waals surface area (Å²) in [5.41, 5.74) is 3.15. The summed E-state index contributed by atoms with van der Waals surface area (Å²) in [6.07, 6.45) is 1.87. The van der Waals surface area contributed by atoms with Crippen LogP contribution in [0.5, 0.6) is 0 Å². The van der Waals surface area contributed by atoms with Crippen LogP contribution in [-0.2, 0) is 5.88 Å². The Morgan fingerprint density at radius 2 is 2.00 bits per heavy atom. The molecule has 0 aliphatic carbocycles. The molecule has 0 aliphatic heterocycles. The van der Waals surface area contributed by atoms with Gasteiger partial charge in [0.05, 0.1) is 34.4 Å². The van der Waals surface area contributed by atoms with Gasteiger partial charge in [-0.05, 0) is 32.0 Å². The third-order valence-electron chi connectivity index (χ3n) is 3.31. The first-order valence-electron chi connectivity index (χ1n) is 6.74. The molecule has 0 N–H and O–H groups in total. The van der Waals surface area contributed by atoms with E-state index in [1.807, 2.05) is 38.2 Å². The highest BCUT2D eigenvalue weighted by atomic mass is 35.5. The Kier molecular flexibility index (Phi) is 3.51. The van der Waals surface area contributed by atoms with E-state index in [0.717, 1.165) is 16.8 Å². The Morgan fingerprint density at radius 1 is 1.19 bits per heavy atom. The molecule has 0 amide bonds. The maximum absolute atomic E-state index is 11.9. The van der Waals surface area contributed by atoms with Crippen molar-refractivity contribution in [1.29, 1.82) is 0 Å². The maximum Gasteiger partial charge on any atom is 0.267 e. The van der Waals surface area contributed by atoms with Crippen molar-refractivity contribution >= 4 is 17.1 Å². The summed E-state index contributed by atoms with van der Waals surface area (Å²) in [5.74, 6) is 0.291. The van der Waals surface area contributed by atoms with Crippen molar-refractivity contribution in [3.8, 4) is 11.3 Å². The molecule has 3 heterocycles. The van der Waals surface area contributed by atoms with Crippen LogP contribution in [0.1, 0.15) is 25.6 Å². The van der Waals surface area contributed by atoms with Gasteiger partial charge in [0, 0.05) is 12.3 Å². The minimum absolute atomic E-state index is 0.00117. The summed E-state index contributed by atoms with van der Waals surface area (Å²) in [7, 11) is 0. The average Bonchev–Trinajstić information content (AvgIpc) is 2.86. The van der Waals surface area contributed by atoms with E-state index in [-0.39, 0.29) is 11.6 Å². The minimum atomic E-state index is -0.113. The largest absolute Gasteiger partial charge is 0.268 e. The highest BCUT2D eigenvalue weighted by Gasteiger charge is 2.16. The Labute approximate surface area is 126 Å². The Hall–Kier alpha value is -2.14. The van der Waals surface area contributed by atoms with Gasteiger partial charge in [0.1, 0.15) is 0 Å². The van der Waals surface area contributed by atoms with Gasteiger partial charge in [-0.1, -0.05) is 6.07 Å². The number of hydrogen-bond donors (Lipinski definition) is 0. The van der Waals surface area contributed by atoms with Crippen molar-refractivity contribution in [3.63, 3.8) is 0 Å². The second-order valence-electron chi connectivity index (χ2n) is 5.08. The van der Waals surface area contributed by atoms with Crippen molar-refractivity contribution in [2.45, 2.75) is 25.8 Å². The third-order valence-corrected chi connectivity index (χ3v) is 3.56. The summed E-state index contributed by atoms with van der Waals surface area (Å²) in [6.45, 7) is 3.85. The standard InChI is InChI=1S/C15H15ClN4O/c1-10(2)20-14(21)7-6-11(18-20)15-12(9-16)17-19-8-4-3-5-13(15)19/h3-8,10H,9H2,1-2H3. The van der Waals surface area contributed by atoms with Crippen LogP contribution in [-0.4, -0.2) is 19.4 Å². The molecule has 5 nitrogen and oxygen atoms in total. The average molecular weight is 303 g/mol. The van der Waals surface area contributed by atoms with Crippen LogP contribution in [0.25, 0.3) is 16.8 Å². The molecule has 21 heavy (non-hydrogen) atoms.